The van der Waals surface area contributed by atoms with Crippen LogP contribution in [0.5, 0.6) is 0 Å². The Morgan fingerprint density at radius 3 is 1.82 bits per heavy atom. The summed E-state index contributed by atoms with van der Waals surface area (Å²) in [6, 6.07) is -1.73. The monoisotopic (exact) mass is 1350 g/mol. The molecule has 1 aliphatic carbocycles. The van der Waals surface area contributed by atoms with E-state index in [9.17, 15) is 79.1 Å². The molecular weight excluding hydrogens is 1260 g/mol. The lowest BCUT2D eigenvalue weighted by atomic mass is 9.92. The van der Waals surface area contributed by atoms with Crippen molar-refractivity contribution in [2.45, 2.75) is 186 Å². The molecule has 0 bridgehead atoms. The van der Waals surface area contributed by atoms with Gasteiger partial charge in [-0.3, -0.25) is 52.7 Å². The number of nitrogens with one attached hydrogen (secondary N) is 4. The SMILES string of the molecule is CC[C@H](C)[C@@H]1NC(=O)[C@H](CC(C)C)N(C)C(=O)C[C@@H](C)NC(=O)[C@H](C(C)C)N(C)C(=O)C2(CCCC2)NC(=O)[C@@H]2CCCN2C(=O)[C@H](CCc2ccc(C(F)(F)F)c(Cl)c2)NC(=O)CN(C)C(=O)[C@H](Cc2ccccc2C(F)(F)F)N(C)C(=O)CN(C)C(=O)CN(C)C1=O. The molecule has 4 N–H and O–H groups in total. The lowest BCUT2D eigenvalue weighted by molar-refractivity contribution is -0.149. The van der Waals surface area contributed by atoms with Crippen LogP contribution in [0, 0.1) is 17.8 Å². The number of aryl methyl sites for hydroxylation is 1. The summed E-state index contributed by atoms with van der Waals surface area (Å²) in [4.78, 5) is 167. The van der Waals surface area contributed by atoms with Crippen molar-refractivity contribution in [2.24, 2.45) is 17.8 Å². The number of carbonyl (C=O) groups is 11. The Labute approximate surface area is 550 Å². The second-order valence-electron chi connectivity index (χ2n) is 26.2. The predicted octanol–water partition coefficient (Wildman–Crippen LogP) is 5.46. The van der Waals surface area contributed by atoms with Gasteiger partial charge in [0.1, 0.15) is 41.8 Å². The Hall–Kier alpha value is -7.52. The first-order valence-electron chi connectivity index (χ1n) is 31.8. The normalized spacial score (nSPS) is 24.7. The summed E-state index contributed by atoms with van der Waals surface area (Å²) in [5.74, 6) is -9.80. The first-order chi connectivity index (χ1) is 43.7. The highest BCUT2D eigenvalue weighted by Crippen LogP contribution is 2.37. The van der Waals surface area contributed by atoms with Gasteiger partial charge in [-0.15, -0.1) is 0 Å². The van der Waals surface area contributed by atoms with E-state index in [0.29, 0.717) is 19.3 Å². The molecule has 1 spiro atoms. The molecule has 29 heteroatoms. The largest absolute Gasteiger partial charge is 0.417 e. The molecule has 8 atom stereocenters. The van der Waals surface area contributed by atoms with Gasteiger partial charge in [0.15, 0.2) is 0 Å². The van der Waals surface area contributed by atoms with Gasteiger partial charge in [-0.05, 0) is 98.9 Å². The number of fused-ring (bicyclic) bond motifs is 1. The van der Waals surface area contributed by atoms with E-state index in [2.05, 4.69) is 21.3 Å². The van der Waals surface area contributed by atoms with Gasteiger partial charge in [0, 0.05) is 67.7 Å². The van der Waals surface area contributed by atoms with E-state index in [1.54, 1.807) is 34.6 Å². The summed E-state index contributed by atoms with van der Waals surface area (Å²) < 4.78 is 85.0. The molecule has 2 aliphatic heterocycles. The highest BCUT2D eigenvalue weighted by Gasteiger charge is 2.50. The van der Waals surface area contributed by atoms with Gasteiger partial charge in [0.2, 0.25) is 65.0 Å². The molecule has 3 aliphatic rings. The van der Waals surface area contributed by atoms with Gasteiger partial charge in [0.05, 0.1) is 35.8 Å². The van der Waals surface area contributed by atoms with Crippen molar-refractivity contribution < 1.29 is 79.1 Å². The van der Waals surface area contributed by atoms with Crippen LogP contribution in [-0.2, 0) is 77.9 Å². The number of rotatable bonds is 10. The number of hydrogen-bond donors (Lipinski definition) is 4. The van der Waals surface area contributed by atoms with Crippen LogP contribution in [0.4, 0.5) is 26.3 Å². The van der Waals surface area contributed by atoms with Crippen molar-refractivity contribution in [3.63, 3.8) is 0 Å². The standard InChI is InChI=1S/C65H92ClF6N11O11/c1-14-39(6)54-61(93)79(10)35-52(86)77(8)36-53(87)81(12)49(33-42-20-15-16-21-43(42)64(67,68)69)60(92)78(9)34-50(84)74-46(26-24-41-23-25-44(45(66)32-41)65(70,71)72)59(91)83-29-19-22-47(83)57(89)76-63(27-17-18-28-63)62(94)82(13)55(38(4)5)58(90)73-40(7)31-51(85)80(11)48(30-37(2)3)56(88)75-54/h15-16,20-21,23,25,32,37-40,46-49,54-55H,14,17-19,22,24,26-31,33-36H2,1-13H3,(H,73,90)(H,74,84)(H,75,88)(H,76,89)/t39-,40+,46-,47-,48-,49-,54-,55-/m0/s1. The Morgan fingerprint density at radius 2 is 1.23 bits per heavy atom. The van der Waals surface area contributed by atoms with E-state index < -0.39 is 185 Å². The van der Waals surface area contributed by atoms with Crippen molar-refractivity contribution in [3.05, 3.63) is 69.7 Å². The van der Waals surface area contributed by atoms with Gasteiger partial charge >= 0.3 is 12.4 Å². The molecule has 0 aromatic heterocycles. The Kier molecular flexibility index (Phi) is 26.9. The van der Waals surface area contributed by atoms with E-state index in [1.807, 2.05) is 13.8 Å². The average Bonchev–Trinajstić information content (AvgIpc) is 1.50. The number of hydrogen-bond acceptors (Lipinski definition) is 11. The summed E-state index contributed by atoms with van der Waals surface area (Å²) in [6.07, 6.45) is -9.18. The summed E-state index contributed by atoms with van der Waals surface area (Å²) in [6.45, 7) is 9.80. The van der Waals surface area contributed by atoms with Crippen molar-refractivity contribution in [3.8, 4) is 0 Å². The molecule has 11 amide bonds. The van der Waals surface area contributed by atoms with Gasteiger partial charge in [-0.2, -0.15) is 26.3 Å². The molecule has 522 valence electrons. The molecule has 1 saturated carbocycles. The topological polar surface area (TPSA) is 259 Å². The van der Waals surface area contributed by atoms with Crippen molar-refractivity contribution >= 4 is 76.6 Å². The zero-order valence-electron chi connectivity index (χ0n) is 55.9. The number of likely N-dealkylation sites (N-methyl/N-ethyl adjacent to an activating group) is 6. The predicted molar refractivity (Wildman–Crippen MR) is 336 cm³/mol. The number of amides is 11. The summed E-state index contributed by atoms with van der Waals surface area (Å²) in [5.41, 5.74) is -4.04. The zero-order valence-corrected chi connectivity index (χ0v) is 56.7. The highest BCUT2D eigenvalue weighted by atomic mass is 35.5. The Balaban J connectivity index is 1.59. The minimum absolute atomic E-state index is 0.0396. The quantitative estimate of drug-likeness (QED) is 0.217. The molecule has 0 radical (unpaired) electrons. The lowest BCUT2D eigenvalue weighted by Crippen LogP contribution is -2.64. The number of nitrogens with zero attached hydrogens (tertiary/aromatic N) is 7. The Morgan fingerprint density at radius 1 is 0.638 bits per heavy atom. The number of benzene rings is 2. The van der Waals surface area contributed by atoms with Crippen LogP contribution in [0.2, 0.25) is 5.02 Å². The van der Waals surface area contributed by atoms with Crippen LogP contribution in [-0.4, -0.2) is 216 Å². The highest BCUT2D eigenvalue weighted by molar-refractivity contribution is 6.31. The zero-order chi connectivity index (χ0) is 70.6. The molecule has 2 heterocycles. The lowest BCUT2D eigenvalue weighted by Gasteiger charge is -2.39. The smallest absolute Gasteiger partial charge is 0.351 e. The molecule has 2 aromatic carbocycles. The fraction of sp³-hybridized carbons (Fsp3) is 0.646. The molecule has 0 unspecified atom stereocenters. The summed E-state index contributed by atoms with van der Waals surface area (Å²) >= 11 is 6.07. The van der Waals surface area contributed by atoms with Gasteiger partial charge in [-0.25, -0.2) is 0 Å². The molecule has 2 saturated heterocycles. The average molecular weight is 1350 g/mol. The molecular formula is C65H92ClF6N11O11. The minimum atomic E-state index is -4.94. The van der Waals surface area contributed by atoms with Crippen molar-refractivity contribution in [2.75, 3.05) is 68.5 Å². The number of alkyl halides is 6. The van der Waals surface area contributed by atoms with Gasteiger partial charge in [0.25, 0.3) is 0 Å². The van der Waals surface area contributed by atoms with Gasteiger partial charge < -0.3 is 55.6 Å². The van der Waals surface area contributed by atoms with Crippen molar-refractivity contribution in [1.82, 2.24) is 55.6 Å². The molecule has 3 fully saturated rings. The molecule has 94 heavy (non-hydrogen) atoms. The second kappa shape index (κ2) is 32.8. The molecule has 2 aromatic rings. The number of carbonyl (C=O) groups excluding carboxylic acids is 11. The summed E-state index contributed by atoms with van der Waals surface area (Å²) in [7, 11) is 7.60. The van der Waals surface area contributed by atoms with Crippen LogP contribution in [0.15, 0.2) is 42.5 Å². The van der Waals surface area contributed by atoms with E-state index in [0.717, 1.165) is 70.1 Å². The maximum atomic E-state index is 15.0. The maximum absolute atomic E-state index is 15.0. The second-order valence-corrected chi connectivity index (χ2v) is 26.6. The first-order valence-corrected chi connectivity index (χ1v) is 32.2. The third kappa shape index (κ3) is 19.6. The molecule has 22 nitrogen and oxygen atoms in total. The van der Waals surface area contributed by atoms with E-state index in [-0.39, 0.29) is 69.4 Å². The fourth-order valence-electron chi connectivity index (χ4n) is 12.5. The van der Waals surface area contributed by atoms with Gasteiger partial charge in [-0.1, -0.05) is 96.7 Å². The summed E-state index contributed by atoms with van der Waals surface area (Å²) in [5, 5.41) is 10.6. The molecule has 5 rings (SSSR count). The third-order valence-electron chi connectivity index (χ3n) is 18.1. The van der Waals surface area contributed by atoms with Crippen LogP contribution in [0.3, 0.4) is 0 Å². The van der Waals surface area contributed by atoms with E-state index in [1.165, 1.54) is 49.0 Å². The maximum Gasteiger partial charge on any atom is 0.417 e. The fourth-order valence-corrected chi connectivity index (χ4v) is 12.8. The van der Waals surface area contributed by atoms with Crippen LogP contribution in [0.1, 0.15) is 135 Å². The Bertz CT molecular complexity index is 3110. The third-order valence-corrected chi connectivity index (χ3v) is 18.4. The first kappa shape index (κ1) is 77.2. The minimum Gasteiger partial charge on any atom is -0.351 e. The van der Waals surface area contributed by atoms with Crippen LogP contribution in [0.25, 0.3) is 0 Å². The van der Waals surface area contributed by atoms with Crippen molar-refractivity contribution in [1.29, 1.82) is 0 Å². The van der Waals surface area contributed by atoms with E-state index >= 15 is 0 Å². The van der Waals surface area contributed by atoms with Crippen LogP contribution < -0.4 is 21.3 Å². The van der Waals surface area contributed by atoms with Crippen LogP contribution >= 0.6 is 11.6 Å². The van der Waals surface area contributed by atoms with E-state index in [4.69, 9.17) is 11.6 Å². The number of halogens is 7.